The number of hydrogen-bond acceptors (Lipinski definition) is 1. The van der Waals surface area contributed by atoms with E-state index in [0.717, 1.165) is 47.6 Å². The summed E-state index contributed by atoms with van der Waals surface area (Å²) in [6, 6.07) is 22.6. The molecule has 0 bridgehead atoms. The largest absolute Gasteiger partial charge is 0.457 e. The highest BCUT2D eigenvalue weighted by Crippen LogP contribution is 2.34. The molecule has 1 unspecified atom stereocenters. The minimum atomic E-state index is -4.35. The van der Waals surface area contributed by atoms with Crippen LogP contribution >= 0.6 is 0 Å². The average molecular weight is 408 g/mol. The minimum absolute atomic E-state index is 0.623. The van der Waals surface area contributed by atoms with Gasteiger partial charge in [0, 0.05) is 0 Å². The van der Waals surface area contributed by atoms with Crippen molar-refractivity contribution >= 4 is 0 Å². The van der Waals surface area contributed by atoms with E-state index in [1.807, 2.05) is 61.5 Å². The predicted octanol–water partition coefficient (Wildman–Crippen LogP) is 7.41. The summed E-state index contributed by atoms with van der Waals surface area (Å²) in [6.45, 7) is 1.89. The smallest absolute Gasteiger partial charge is 0.416 e. The van der Waals surface area contributed by atoms with Crippen molar-refractivity contribution < 1.29 is 17.9 Å². The normalized spacial score (nSPS) is 13.3. The van der Waals surface area contributed by atoms with Crippen LogP contribution in [-0.4, -0.2) is 0 Å². The van der Waals surface area contributed by atoms with Crippen LogP contribution in [0.15, 0.2) is 78.9 Å². The Balaban J connectivity index is 1.63. The van der Waals surface area contributed by atoms with Gasteiger partial charge in [-0.2, -0.15) is 13.2 Å². The number of para-hydroxylation sites is 1. The lowest BCUT2D eigenvalue weighted by Crippen LogP contribution is -2.20. The van der Waals surface area contributed by atoms with Gasteiger partial charge in [0.05, 0.1) is 11.0 Å². The lowest BCUT2D eigenvalue weighted by Gasteiger charge is -2.25. The molecule has 154 valence electrons. The van der Waals surface area contributed by atoms with Gasteiger partial charge in [-0.1, -0.05) is 48.4 Å². The number of alkyl halides is 3. The standard InChI is InChI=1S/C26H23F3O/c1-3-25(2,21-14-16-22(17-15-21)26(27,28)29)18-8-10-20-9-7-13-24(19-20)30-23-11-5-4-6-12-23/h1,4-7,9,11-17,19H,8,10,18H2,2H3. The van der Waals surface area contributed by atoms with E-state index < -0.39 is 17.2 Å². The third-order valence-corrected chi connectivity index (χ3v) is 5.19. The second kappa shape index (κ2) is 9.09. The van der Waals surface area contributed by atoms with E-state index >= 15 is 0 Å². The number of hydrogen-bond donors (Lipinski definition) is 0. The van der Waals surface area contributed by atoms with Crippen LogP contribution < -0.4 is 4.74 Å². The van der Waals surface area contributed by atoms with Crippen molar-refractivity contribution in [2.24, 2.45) is 0 Å². The third-order valence-electron chi connectivity index (χ3n) is 5.19. The molecule has 0 heterocycles. The van der Waals surface area contributed by atoms with Crippen LogP contribution in [0.3, 0.4) is 0 Å². The number of halogens is 3. The molecule has 0 aliphatic heterocycles. The molecule has 3 aromatic rings. The highest BCUT2D eigenvalue weighted by atomic mass is 19.4. The minimum Gasteiger partial charge on any atom is -0.457 e. The van der Waals surface area contributed by atoms with Gasteiger partial charge in [-0.25, -0.2) is 0 Å². The first-order valence-electron chi connectivity index (χ1n) is 9.77. The Kier molecular flexibility index (Phi) is 6.52. The Morgan fingerprint density at radius 3 is 2.10 bits per heavy atom. The second-order valence-corrected chi connectivity index (χ2v) is 7.47. The van der Waals surface area contributed by atoms with Crippen LogP contribution in [0.25, 0.3) is 0 Å². The molecule has 3 aromatic carbocycles. The van der Waals surface area contributed by atoms with Crippen molar-refractivity contribution in [1.82, 2.24) is 0 Å². The molecule has 0 N–H and O–H groups in total. The number of terminal acetylenes is 1. The van der Waals surface area contributed by atoms with Crippen LogP contribution in [0.2, 0.25) is 0 Å². The summed E-state index contributed by atoms with van der Waals surface area (Å²) < 4.78 is 44.3. The lowest BCUT2D eigenvalue weighted by molar-refractivity contribution is -0.137. The Hall–Kier alpha value is -3.19. The number of ether oxygens (including phenoxy) is 1. The van der Waals surface area contributed by atoms with E-state index in [1.54, 1.807) is 0 Å². The molecule has 4 heteroatoms. The molecule has 0 saturated carbocycles. The molecule has 0 amide bonds. The molecule has 1 atom stereocenters. The highest BCUT2D eigenvalue weighted by Gasteiger charge is 2.31. The maximum Gasteiger partial charge on any atom is 0.416 e. The van der Waals surface area contributed by atoms with Crippen LogP contribution in [0.5, 0.6) is 11.5 Å². The number of rotatable bonds is 7. The fourth-order valence-electron chi connectivity index (χ4n) is 3.36. The van der Waals surface area contributed by atoms with Crippen molar-refractivity contribution in [3.05, 3.63) is 95.6 Å². The quantitative estimate of drug-likeness (QED) is 0.370. The summed E-state index contributed by atoms with van der Waals surface area (Å²) in [5.41, 5.74) is 0.553. The van der Waals surface area contributed by atoms with E-state index in [0.29, 0.717) is 6.42 Å². The van der Waals surface area contributed by atoms with Gasteiger partial charge in [0.15, 0.2) is 0 Å². The molecule has 0 aliphatic rings. The molecule has 0 spiro atoms. The van der Waals surface area contributed by atoms with E-state index in [2.05, 4.69) is 5.92 Å². The molecular formula is C26H23F3O. The van der Waals surface area contributed by atoms with Crippen molar-refractivity contribution in [2.45, 2.75) is 37.8 Å². The molecular weight excluding hydrogens is 385 g/mol. The first-order valence-corrected chi connectivity index (χ1v) is 9.77. The van der Waals surface area contributed by atoms with Gasteiger partial charge in [-0.15, -0.1) is 6.42 Å². The maximum absolute atomic E-state index is 12.8. The predicted molar refractivity (Wildman–Crippen MR) is 114 cm³/mol. The number of aryl methyl sites for hydroxylation is 1. The summed E-state index contributed by atoms with van der Waals surface area (Å²) >= 11 is 0. The monoisotopic (exact) mass is 408 g/mol. The van der Waals surface area contributed by atoms with Crippen LogP contribution in [0.1, 0.15) is 36.5 Å². The van der Waals surface area contributed by atoms with Gasteiger partial charge >= 0.3 is 6.18 Å². The summed E-state index contributed by atoms with van der Waals surface area (Å²) in [5, 5.41) is 0. The molecule has 1 nitrogen and oxygen atoms in total. The van der Waals surface area contributed by atoms with E-state index in [-0.39, 0.29) is 0 Å². The topological polar surface area (TPSA) is 9.23 Å². The Bertz CT molecular complexity index is 1000. The van der Waals surface area contributed by atoms with E-state index in [4.69, 9.17) is 11.2 Å². The first-order chi connectivity index (χ1) is 14.3. The molecule has 0 aromatic heterocycles. The van der Waals surface area contributed by atoms with Gasteiger partial charge in [0.1, 0.15) is 11.5 Å². The molecule has 3 rings (SSSR count). The van der Waals surface area contributed by atoms with Crippen molar-refractivity contribution in [3.63, 3.8) is 0 Å². The SMILES string of the molecule is C#CC(C)(CCCc1cccc(Oc2ccccc2)c1)c1ccc(C(F)(F)F)cc1. The van der Waals surface area contributed by atoms with Gasteiger partial charge in [0.2, 0.25) is 0 Å². The molecule has 0 radical (unpaired) electrons. The zero-order valence-electron chi connectivity index (χ0n) is 16.7. The Morgan fingerprint density at radius 2 is 1.47 bits per heavy atom. The second-order valence-electron chi connectivity index (χ2n) is 7.47. The van der Waals surface area contributed by atoms with Gasteiger partial charge in [-0.05, 0) is 73.7 Å². The van der Waals surface area contributed by atoms with E-state index in [9.17, 15) is 13.2 Å². The molecule has 0 aliphatic carbocycles. The van der Waals surface area contributed by atoms with Crippen molar-refractivity contribution in [1.29, 1.82) is 0 Å². The van der Waals surface area contributed by atoms with E-state index in [1.165, 1.54) is 12.1 Å². The fourth-order valence-corrected chi connectivity index (χ4v) is 3.36. The molecule has 30 heavy (non-hydrogen) atoms. The van der Waals surface area contributed by atoms with Gasteiger partial charge < -0.3 is 4.74 Å². The van der Waals surface area contributed by atoms with Crippen LogP contribution in [-0.2, 0) is 18.0 Å². The first kappa shape index (κ1) is 21.5. The highest BCUT2D eigenvalue weighted by molar-refractivity contribution is 5.37. The third kappa shape index (κ3) is 5.45. The zero-order valence-corrected chi connectivity index (χ0v) is 16.7. The van der Waals surface area contributed by atoms with Crippen molar-refractivity contribution in [2.75, 3.05) is 0 Å². The summed E-state index contributed by atoms with van der Waals surface area (Å²) in [5.74, 6) is 4.32. The summed E-state index contributed by atoms with van der Waals surface area (Å²) in [7, 11) is 0. The Labute approximate surface area is 175 Å². The lowest BCUT2D eigenvalue weighted by atomic mass is 9.78. The van der Waals surface area contributed by atoms with Crippen LogP contribution in [0.4, 0.5) is 13.2 Å². The zero-order chi connectivity index (χ0) is 21.6. The average Bonchev–Trinajstić information content (AvgIpc) is 2.74. The van der Waals surface area contributed by atoms with Crippen molar-refractivity contribution in [3.8, 4) is 23.8 Å². The maximum atomic E-state index is 12.8. The van der Waals surface area contributed by atoms with Gasteiger partial charge in [-0.3, -0.25) is 0 Å². The molecule has 0 saturated heterocycles. The number of benzene rings is 3. The summed E-state index contributed by atoms with van der Waals surface area (Å²) in [6.07, 6.45) is 3.67. The van der Waals surface area contributed by atoms with Gasteiger partial charge in [0.25, 0.3) is 0 Å². The fraction of sp³-hybridized carbons (Fsp3) is 0.231. The van der Waals surface area contributed by atoms with Crippen LogP contribution in [0, 0.1) is 12.3 Å². The summed E-state index contributed by atoms with van der Waals surface area (Å²) in [4.78, 5) is 0. The molecule has 0 fully saturated rings. The Morgan fingerprint density at radius 1 is 0.833 bits per heavy atom.